The Labute approximate surface area is 194 Å². The quantitative estimate of drug-likeness (QED) is 0.133. The standard InChI is InChI=1S/C20H30N6O6S/c27-13(4-2-1-3-12-14-11(8-33-12)22-20(31)23-14)21-5-9-6-26(25-24-9)7-10-15(28)16(29)17(30)19-18(10)32-19/h6,10-12,14-19,28-30H,1-5,7-8H2,(H,21,27)(H2,22,23,31)/t10-,11+,12+,14+,15+,16+,17-,18+,19-/m1/s1. The molecule has 4 heterocycles. The number of urea groups is 1. The topological polar surface area (TPSA) is 174 Å². The monoisotopic (exact) mass is 482 g/mol. The van der Waals surface area contributed by atoms with Crippen LogP contribution in [0.2, 0.25) is 0 Å². The molecule has 0 spiro atoms. The fraction of sp³-hybridized carbons (Fsp3) is 0.800. The molecule has 3 saturated heterocycles. The third-order valence-electron chi connectivity index (χ3n) is 6.99. The molecule has 3 amide bonds. The number of fused-ring (bicyclic) bond motifs is 2. The number of carbonyl (C=O) groups is 2. The summed E-state index contributed by atoms with van der Waals surface area (Å²) in [6, 6.07) is 0.336. The number of nitrogens with one attached hydrogen (secondary N) is 3. The van der Waals surface area contributed by atoms with Crippen molar-refractivity contribution in [2.75, 3.05) is 5.75 Å². The van der Waals surface area contributed by atoms with Crippen LogP contribution >= 0.6 is 11.8 Å². The molecule has 4 fully saturated rings. The molecule has 0 radical (unpaired) electrons. The first-order chi connectivity index (χ1) is 15.9. The van der Waals surface area contributed by atoms with Crippen LogP contribution in [0.1, 0.15) is 31.4 Å². The van der Waals surface area contributed by atoms with Crippen molar-refractivity contribution < 1.29 is 29.6 Å². The highest BCUT2D eigenvalue weighted by Crippen LogP contribution is 2.42. The van der Waals surface area contributed by atoms with Gasteiger partial charge in [0.15, 0.2) is 0 Å². The van der Waals surface area contributed by atoms with Crippen molar-refractivity contribution in [2.45, 2.75) is 86.6 Å². The van der Waals surface area contributed by atoms with Gasteiger partial charge in [-0.25, -0.2) is 4.79 Å². The number of aliphatic hydroxyl groups is 3. The number of aliphatic hydroxyl groups excluding tert-OH is 3. The summed E-state index contributed by atoms with van der Waals surface area (Å²) in [5.41, 5.74) is 0.598. The van der Waals surface area contributed by atoms with Gasteiger partial charge in [-0.15, -0.1) is 5.10 Å². The first kappa shape index (κ1) is 22.8. The zero-order valence-electron chi connectivity index (χ0n) is 18.0. The first-order valence-corrected chi connectivity index (χ1v) is 12.5. The van der Waals surface area contributed by atoms with Crippen molar-refractivity contribution in [3.63, 3.8) is 0 Å². The summed E-state index contributed by atoms with van der Waals surface area (Å²) in [6.07, 6.45) is 0.627. The van der Waals surface area contributed by atoms with E-state index in [1.165, 1.54) is 0 Å². The molecule has 0 aromatic carbocycles. The van der Waals surface area contributed by atoms with Crippen molar-refractivity contribution in [3.05, 3.63) is 11.9 Å². The number of hydrogen-bond acceptors (Lipinski definition) is 9. The molecule has 1 aliphatic carbocycles. The van der Waals surface area contributed by atoms with E-state index in [9.17, 15) is 24.9 Å². The van der Waals surface area contributed by atoms with Gasteiger partial charge >= 0.3 is 6.03 Å². The third-order valence-corrected chi connectivity index (χ3v) is 8.50. The Kier molecular flexibility index (Phi) is 6.49. The average Bonchev–Trinajstić information content (AvgIpc) is 3.10. The number of hydrogen-bond donors (Lipinski definition) is 6. The summed E-state index contributed by atoms with van der Waals surface area (Å²) in [6.45, 7) is 0.555. The molecule has 0 unspecified atom stereocenters. The largest absolute Gasteiger partial charge is 0.390 e. The highest BCUT2D eigenvalue weighted by atomic mass is 32.2. The van der Waals surface area contributed by atoms with E-state index in [1.54, 1.807) is 10.9 Å². The van der Waals surface area contributed by atoms with Crippen LogP contribution in [-0.2, 0) is 22.6 Å². The summed E-state index contributed by atoms with van der Waals surface area (Å²) in [5.74, 6) is 0.497. The fourth-order valence-corrected chi connectivity index (χ4v) is 6.63. The van der Waals surface area contributed by atoms with Gasteiger partial charge in [-0.1, -0.05) is 11.6 Å². The molecular formula is C20H30N6O6S. The Balaban J connectivity index is 0.998. The second-order valence-corrected chi connectivity index (χ2v) is 10.5. The SMILES string of the molecule is O=C(CCCC[C@@H]1SC[C@@H]2NC(=O)N[C@@H]21)NCc1cn(C[C@@H]2[C@H](O)[C@H](O)[C@@H](O)[C@H]3O[C@@H]23)nn1. The zero-order valence-corrected chi connectivity index (χ0v) is 18.9. The van der Waals surface area contributed by atoms with Crippen molar-refractivity contribution in [1.82, 2.24) is 30.9 Å². The van der Waals surface area contributed by atoms with E-state index in [-0.39, 0.29) is 42.6 Å². The van der Waals surface area contributed by atoms with Crippen molar-refractivity contribution >= 4 is 23.7 Å². The van der Waals surface area contributed by atoms with Crippen LogP contribution < -0.4 is 16.0 Å². The second-order valence-electron chi connectivity index (χ2n) is 9.28. The van der Waals surface area contributed by atoms with E-state index in [0.29, 0.717) is 23.9 Å². The Morgan fingerprint density at radius 3 is 2.91 bits per heavy atom. The van der Waals surface area contributed by atoms with Gasteiger partial charge in [-0.05, 0) is 12.8 Å². The van der Waals surface area contributed by atoms with Crippen LogP contribution in [0.15, 0.2) is 6.20 Å². The molecule has 5 rings (SSSR count). The molecule has 1 aromatic heterocycles. The molecule has 0 bridgehead atoms. The summed E-state index contributed by atoms with van der Waals surface area (Å²) < 4.78 is 6.95. The fourth-order valence-electron chi connectivity index (χ4n) is 5.09. The lowest BCUT2D eigenvalue weighted by Crippen LogP contribution is -2.52. The maximum absolute atomic E-state index is 12.2. The van der Waals surface area contributed by atoms with Gasteiger partial charge in [0.1, 0.15) is 24.0 Å². The number of carbonyl (C=O) groups excluding carboxylic acids is 2. The van der Waals surface area contributed by atoms with E-state index < -0.39 is 24.4 Å². The van der Waals surface area contributed by atoms with E-state index in [0.717, 1.165) is 25.0 Å². The predicted molar refractivity (Wildman–Crippen MR) is 116 cm³/mol. The van der Waals surface area contributed by atoms with Crippen LogP contribution in [0, 0.1) is 5.92 Å². The van der Waals surface area contributed by atoms with Gasteiger partial charge in [0.05, 0.1) is 43.6 Å². The minimum Gasteiger partial charge on any atom is -0.390 e. The van der Waals surface area contributed by atoms with Gasteiger partial charge < -0.3 is 36.0 Å². The first-order valence-electron chi connectivity index (χ1n) is 11.4. The minimum absolute atomic E-state index is 0.0497. The van der Waals surface area contributed by atoms with E-state index >= 15 is 0 Å². The number of epoxide rings is 1. The smallest absolute Gasteiger partial charge is 0.315 e. The predicted octanol–water partition coefficient (Wildman–Crippen LogP) is -1.90. The van der Waals surface area contributed by atoms with Crippen LogP contribution in [0.3, 0.4) is 0 Å². The Morgan fingerprint density at radius 2 is 2.06 bits per heavy atom. The molecule has 33 heavy (non-hydrogen) atoms. The molecule has 182 valence electrons. The van der Waals surface area contributed by atoms with Crippen LogP contribution in [0.4, 0.5) is 4.79 Å². The Hall–Kier alpha value is -1.93. The number of thioether (sulfide) groups is 1. The molecule has 1 saturated carbocycles. The zero-order chi connectivity index (χ0) is 23.1. The number of ether oxygens (including phenoxy) is 1. The number of nitrogens with zero attached hydrogens (tertiary/aromatic N) is 3. The van der Waals surface area contributed by atoms with Gasteiger partial charge in [0.25, 0.3) is 0 Å². The normalized spacial score (nSPS) is 38.9. The van der Waals surface area contributed by atoms with Gasteiger partial charge in [-0.2, -0.15) is 11.8 Å². The van der Waals surface area contributed by atoms with E-state index in [1.807, 2.05) is 11.8 Å². The lowest BCUT2D eigenvalue weighted by atomic mass is 9.82. The number of unbranched alkanes of at least 4 members (excludes halogenated alkanes) is 1. The molecule has 9 atom stereocenters. The van der Waals surface area contributed by atoms with Gasteiger partial charge in [0.2, 0.25) is 5.91 Å². The second kappa shape index (κ2) is 9.37. The average molecular weight is 483 g/mol. The molecule has 1 aromatic rings. The Morgan fingerprint density at radius 1 is 1.21 bits per heavy atom. The molecule has 4 aliphatic rings. The Bertz CT molecular complexity index is 887. The van der Waals surface area contributed by atoms with Crippen molar-refractivity contribution in [3.8, 4) is 0 Å². The van der Waals surface area contributed by atoms with Crippen LogP contribution in [0.25, 0.3) is 0 Å². The minimum atomic E-state index is -1.25. The highest BCUT2D eigenvalue weighted by molar-refractivity contribution is 8.00. The van der Waals surface area contributed by atoms with Crippen LogP contribution in [-0.4, -0.2) is 95.9 Å². The summed E-state index contributed by atoms with van der Waals surface area (Å²) in [5, 5.41) is 47.3. The summed E-state index contributed by atoms with van der Waals surface area (Å²) in [7, 11) is 0. The lowest BCUT2D eigenvalue weighted by molar-refractivity contribution is -0.121. The molecule has 6 N–H and O–H groups in total. The highest BCUT2D eigenvalue weighted by Gasteiger charge is 2.60. The van der Waals surface area contributed by atoms with Gasteiger partial charge in [0, 0.05) is 23.3 Å². The van der Waals surface area contributed by atoms with Crippen molar-refractivity contribution in [1.29, 1.82) is 0 Å². The molecule has 13 heteroatoms. The van der Waals surface area contributed by atoms with Crippen LogP contribution in [0.5, 0.6) is 0 Å². The van der Waals surface area contributed by atoms with Crippen molar-refractivity contribution in [2.24, 2.45) is 5.92 Å². The maximum atomic E-state index is 12.2. The number of amides is 3. The molecule has 3 aliphatic heterocycles. The molecule has 12 nitrogen and oxygen atoms in total. The van der Waals surface area contributed by atoms with Gasteiger partial charge in [-0.3, -0.25) is 9.48 Å². The van der Waals surface area contributed by atoms with E-state index in [2.05, 4.69) is 26.3 Å². The maximum Gasteiger partial charge on any atom is 0.315 e. The number of aromatic nitrogens is 3. The van der Waals surface area contributed by atoms with E-state index in [4.69, 9.17) is 4.74 Å². The molecular weight excluding hydrogens is 452 g/mol. The summed E-state index contributed by atoms with van der Waals surface area (Å²) >= 11 is 1.88. The summed E-state index contributed by atoms with van der Waals surface area (Å²) in [4.78, 5) is 23.6. The number of rotatable bonds is 9. The third kappa shape index (κ3) is 4.83. The lowest BCUT2D eigenvalue weighted by Gasteiger charge is -2.31.